The Morgan fingerprint density at radius 1 is 1.24 bits per heavy atom. The van der Waals surface area contributed by atoms with Crippen LogP contribution in [0.25, 0.3) is 0 Å². The van der Waals surface area contributed by atoms with Gasteiger partial charge in [0.1, 0.15) is 5.82 Å². The van der Waals surface area contributed by atoms with Gasteiger partial charge in [-0.15, -0.1) is 0 Å². The average molecular weight is 287 g/mol. The number of benzene rings is 1. The molecule has 2 aromatic rings. The van der Waals surface area contributed by atoms with E-state index in [1.807, 2.05) is 18.7 Å². The molecule has 2 atom stereocenters. The minimum atomic E-state index is -0.426. The highest BCUT2D eigenvalue weighted by atomic mass is 19.1. The predicted octanol–water partition coefficient (Wildman–Crippen LogP) is 2.54. The normalized spacial score (nSPS) is 21.8. The molecule has 0 amide bonds. The summed E-state index contributed by atoms with van der Waals surface area (Å²) in [6.45, 7) is 4.40. The fraction of sp³-hybridized carbons (Fsp3) is 0.375. The lowest BCUT2D eigenvalue weighted by Crippen LogP contribution is -2.26. The summed E-state index contributed by atoms with van der Waals surface area (Å²) < 4.78 is 13.1. The number of rotatable bonds is 2. The van der Waals surface area contributed by atoms with Crippen molar-refractivity contribution in [2.75, 3.05) is 11.4 Å². The summed E-state index contributed by atoms with van der Waals surface area (Å²) in [5.74, 6) is 0.357. The van der Waals surface area contributed by atoms with Crippen molar-refractivity contribution >= 4 is 5.95 Å². The maximum Gasteiger partial charge on any atom is 0.226 e. The Labute approximate surface area is 123 Å². The Kier molecular flexibility index (Phi) is 3.59. The van der Waals surface area contributed by atoms with E-state index in [9.17, 15) is 9.50 Å². The molecule has 21 heavy (non-hydrogen) atoms. The molecule has 110 valence electrons. The molecular weight excluding hydrogens is 269 g/mol. The molecule has 1 aromatic heterocycles. The first-order valence-electron chi connectivity index (χ1n) is 7.05. The van der Waals surface area contributed by atoms with E-state index in [0.29, 0.717) is 18.9 Å². The maximum atomic E-state index is 13.1. The molecule has 1 aliphatic heterocycles. The van der Waals surface area contributed by atoms with Gasteiger partial charge in [-0.3, -0.25) is 0 Å². The fourth-order valence-electron chi connectivity index (χ4n) is 2.69. The quantitative estimate of drug-likeness (QED) is 0.922. The lowest BCUT2D eigenvalue weighted by molar-refractivity contribution is 0.194. The van der Waals surface area contributed by atoms with Crippen LogP contribution in [0.2, 0.25) is 0 Å². The summed E-state index contributed by atoms with van der Waals surface area (Å²) in [5, 5.41) is 10.00. The smallest absolute Gasteiger partial charge is 0.226 e. The SMILES string of the molecule is Cc1cnc(N2C[C@H](O)C[C@@H]2c2ccc(F)cc2)nc1C. The Morgan fingerprint density at radius 2 is 1.95 bits per heavy atom. The largest absolute Gasteiger partial charge is 0.391 e. The Bertz CT molecular complexity index is 644. The number of aryl methyl sites for hydroxylation is 2. The number of β-amino-alcohol motifs (C(OH)–C–C–N with tert-alkyl or cyclic N) is 1. The highest BCUT2D eigenvalue weighted by Gasteiger charge is 2.33. The summed E-state index contributed by atoms with van der Waals surface area (Å²) in [4.78, 5) is 10.9. The van der Waals surface area contributed by atoms with Gasteiger partial charge in [-0.1, -0.05) is 12.1 Å². The van der Waals surface area contributed by atoms with Crippen LogP contribution in [0, 0.1) is 19.7 Å². The van der Waals surface area contributed by atoms with Crippen LogP contribution in [-0.4, -0.2) is 27.7 Å². The standard InChI is InChI=1S/C16H18FN3O/c1-10-8-18-16(19-11(10)2)20-9-14(21)7-15(20)12-3-5-13(17)6-4-12/h3-6,8,14-15,21H,7,9H2,1-2H3/t14-,15-/m1/s1. The molecule has 0 bridgehead atoms. The summed E-state index contributed by atoms with van der Waals surface area (Å²) in [5.41, 5.74) is 2.94. The van der Waals surface area contributed by atoms with E-state index in [1.54, 1.807) is 18.3 Å². The summed E-state index contributed by atoms with van der Waals surface area (Å²) in [6, 6.07) is 6.37. The third-order valence-corrected chi connectivity index (χ3v) is 4.00. The fourth-order valence-corrected chi connectivity index (χ4v) is 2.69. The van der Waals surface area contributed by atoms with Crippen molar-refractivity contribution in [1.82, 2.24) is 9.97 Å². The van der Waals surface area contributed by atoms with Gasteiger partial charge >= 0.3 is 0 Å². The van der Waals surface area contributed by atoms with E-state index < -0.39 is 6.10 Å². The van der Waals surface area contributed by atoms with Gasteiger partial charge in [0.2, 0.25) is 5.95 Å². The molecule has 1 fully saturated rings. The monoisotopic (exact) mass is 287 g/mol. The minimum Gasteiger partial charge on any atom is -0.391 e. The van der Waals surface area contributed by atoms with E-state index in [1.165, 1.54) is 12.1 Å². The van der Waals surface area contributed by atoms with E-state index in [-0.39, 0.29) is 11.9 Å². The molecule has 1 N–H and O–H groups in total. The van der Waals surface area contributed by atoms with Crippen molar-refractivity contribution in [2.24, 2.45) is 0 Å². The van der Waals surface area contributed by atoms with Gasteiger partial charge in [0.05, 0.1) is 12.1 Å². The number of anilines is 1. The van der Waals surface area contributed by atoms with Crippen molar-refractivity contribution in [1.29, 1.82) is 0 Å². The Morgan fingerprint density at radius 3 is 2.62 bits per heavy atom. The lowest BCUT2D eigenvalue weighted by atomic mass is 10.0. The second kappa shape index (κ2) is 5.41. The predicted molar refractivity (Wildman–Crippen MR) is 78.6 cm³/mol. The van der Waals surface area contributed by atoms with Gasteiger partial charge in [-0.25, -0.2) is 14.4 Å². The molecule has 1 aliphatic rings. The van der Waals surface area contributed by atoms with Crippen molar-refractivity contribution in [3.05, 3.63) is 53.1 Å². The molecule has 5 heteroatoms. The summed E-state index contributed by atoms with van der Waals surface area (Å²) in [6.07, 6.45) is 1.97. The molecule has 0 unspecified atom stereocenters. The van der Waals surface area contributed by atoms with Crippen molar-refractivity contribution in [2.45, 2.75) is 32.4 Å². The van der Waals surface area contributed by atoms with Crippen LogP contribution in [-0.2, 0) is 0 Å². The van der Waals surface area contributed by atoms with E-state index in [2.05, 4.69) is 9.97 Å². The minimum absolute atomic E-state index is 0.0253. The van der Waals surface area contributed by atoms with E-state index in [0.717, 1.165) is 16.8 Å². The first kappa shape index (κ1) is 13.9. The number of aliphatic hydroxyl groups is 1. The second-order valence-electron chi connectivity index (χ2n) is 5.55. The van der Waals surface area contributed by atoms with Crippen molar-refractivity contribution in [3.63, 3.8) is 0 Å². The Hall–Kier alpha value is -2.01. The van der Waals surface area contributed by atoms with Gasteiger partial charge in [0, 0.05) is 18.4 Å². The third kappa shape index (κ3) is 2.74. The molecule has 0 aliphatic carbocycles. The van der Waals surface area contributed by atoms with Crippen molar-refractivity contribution < 1.29 is 9.50 Å². The number of aromatic nitrogens is 2. The molecule has 1 saturated heterocycles. The number of aliphatic hydroxyl groups excluding tert-OH is 1. The first-order chi connectivity index (χ1) is 10.0. The zero-order valence-corrected chi connectivity index (χ0v) is 12.1. The van der Waals surface area contributed by atoms with Crippen LogP contribution >= 0.6 is 0 Å². The van der Waals surface area contributed by atoms with Crippen molar-refractivity contribution in [3.8, 4) is 0 Å². The topological polar surface area (TPSA) is 49.2 Å². The zero-order valence-electron chi connectivity index (χ0n) is 12.1. The second-order valence-corrected chi connectivity index (χ2v) is 5.55. The highest BCUT2D eigenvalue weighted by molar-refractivity contribution is 5.40. The molecular formula is C16H18FN3O. The molecule has 1 aromatic carbocycles. The van der Waals surface area contributed by atoms with Crippen LogP contribution in [0.5, 0.6) is 0 Å². The van der Waals surface area contributed by atoms with Crippen LogP contribution in [0.4, 0.5) is 10.3 Å². The molecule has 2 heterocycles. The molecule has 3 rings (SSSR count). The summed E-state index contributed by atoms with van der Waals surface area (Å²) >= 11 is 0. The van der Waals surface area contributed by atoms with E-state index >= 15 is 0 Å². The van der Waals surface area contributed by atoms with Gasteiger partial charge in [0.15, 0.2) is 0 Å². The lowest BCUT2D eigenvalue weighted by Gasteiger charge is -2.25. The number of hydrogen-bond acceptors (Lipinski definition) is 4. The molecule has 0 radical (unpaired) electrons. The first-order valence-corrected chi connectivity index (χ1v) is 7.05. The van der Waals surface area contributed by atoms with Crippen LogP contribution in [0.3, 0.4) is 0 Å². The maximum absolute atomic E-state index is 13.1. The van der Waals surface area contributed by atoms with Gasteiger partial charge in [-0.2, -0.15) is 0 Å². The zero-order chi connectivity index (χ0) is 15.0. The Balaban J connectivity index is 1.95. The molecule has 0 saturated carbocycles. The van der Waals surface area contributed by atoms with Crippen LogP contribution in [0.15, 0.2) is 30.5 Å². The van der Waals surface area contributed by atoms with Gasteiger partial charge in [0.25, 0.3) is 0 Å². The third-order valence-electron chi connectivity index (χ3n) is 4.00. The number of nitrogens with zero attached hydrogens (tertiary/aromatic N) is 3. The van der Waals surface area contributed by atoms with Gasteiger partial charge < -0.3 is 10.0 Å². The average Bonchev–Trinajstić information content (AvgIpc) is 2.85. The number of halogens is 1. The van der Waals surface area contributed by atoms with E-state index in [4.69, 9.17) is 0 Å². The van der Waals surface area contributed by atoms with Gasteiger partial charge in [-0.05, 0) is 43.5 Å². The number of hydrogen-bond donors (Lipinski definition) is 1. The molecule has 4 nitrogen and oxygen atoms in total. The van der Waals surface area contributed by atoms with Crippen LogP contribution in [0.1, 0.15) is 29.3 Å². The highest BCUT2D eigenvalue weighted by Crippen LogP contribution is 2.34. The molecule has 0 spiro atoms. The van der Waals surface area contributed by atoms with Crippen LogP contribution < -0.4 is 4.90 Å². The summed E-state index contributed by atoms with van der Waals surface area (Å²) in [7, 11) is 0.